The lowest BCUT2D eigenvalue weighted by molar-refractivity contribution is 0.197. The van der Waals surface area contributed by atoms with Gasteiger partial charge in [-0.25, -0.2) is 4.98 Å². The Morgan fingerprint density at radius 2 is 1.96 bits per heavy atom. The summed E-state index contributed by atoms with van der Waals surface area (Å²) in [6.07, 6.45) is 1.96. The van der Waals surface area contributed by atoms with Gasteiger partial charge in [-0.1, -0.05) is 37.3 Å². The molecule has 0 spiro atoms. The zero-order chi connectivity index (χ0) is 16.5. The van der Waals surface area contributed by atoms with E-state index in [1.165, 1.54) is 0 Å². The molecule has 0 aliphatic carbocycles. The molecule has 5 nitrogen and oxygen atoms in total. The normalized spacial score (nSPS) is 12.0. The summed E-state index contributed by atoms with van der Waals surface area (Å²) in [4.78, 5) is 9.20. The lowest BCUT2D eigenvalue weighted by Crippen LogP contribution is -2.16. The van der Waals surface area contributed by atoms with Gasteiger partial charge in [0.1, 0.15) is 5.82 Å². The van der Waals surface area contributed by atoms with Crippen LogP contribution >= 0.6 is 0 Å². The summed E-state index contributed by atoms with van der Waals surface area (Å²) < 4.78 is 5.07. The van der Waals surface area contributed by atoms with Gasteiger partial charge < -0.3 is 15.4 Å². The summed E-state index contributed by atoms with van der Waals surface area (Å²) in [5.41, 5.74) is 2.00. The molecule has 5 heteroatoms. The molecule has 0 bridgehead atoms. The summed E-state index contributed by atoms with van der Waals surface area (Å²) in [5.74, 6) is 1.50. The minimum absolute atomic E-state index is 0.370. The van der Waals surface area contributed by atoms with E-state index in [4.69, 9.17) is 4.74 Å². The van der Waals surface area contributed by atoms with Gasteiger partial charge in [-0.2, -0.15) is 4.98 Å². The minimum Gasteiger partial charge on any atom is -0.385 e. The van der Waals surface area contributed by atoms with Gasteiger partial charge in [-0.05, 0) is 19.8 Å². The zero-order valence-corrected chi connectivity index (χ0v) is 14.2. The fraction of sp³-hybridized carbons (Fsp3) is 0.444. The number of methoxy groups -OCH3 is 1. The predicted octanol–water partition coefficient (Wildman–Crippen LogP) is 3.80. The van der Waals surface area contributed by atoms with E-state index in [0.29, 0.717) is 12.0 Å². The van der Waals surface area contributed by atoms with Crippen LogP contribution < -0.4 is 10.6 Å². The van der Waals surface area contributed by atoms with E-state index in [1.807, 2.05) is 24.3 Å². The average Bonchev–Trinajstić information content (AvgIpc) is 2.59. The third-order valence-electron chi connectivity index (χ3n) is 3.61. The fourth-order valence-electron chi connectivity index (χ4n) is 2.13. The molecule has 23 heavy (non-hydrogen) atoms. The van der Waals surface area contributed by atoms with E-state index in [2.05, 4.69) is 46.6 Å². The van der Waals surface area contributed by atoms with Crippen LogP contribution in [0.5, 0.6) is 0 Å². The first-order valence-electron chi connectivity index (χ1n) is 8.16. The highest BCUT2D eigenvalue weighted by Gasteiger charge is 2.08. The van der Waals surface area contributed by atoms with Gasteiger partial charge in [-0.3, -0.25) is 0 Å². The number of nitrogens with one attached hydrogen (secondary N) is 2. The van der Waals surface area contributed by atoms with E-state index >= 15 is 0 Å². The summed E-state index contributed by atoms with van der Waals surface area (Å²) >= 11 is 0. The van der Waals surface area contributed by atoms with Crippen molar-refractivity contribution in [2.75, 3.05) is 30.9 Å². The topological polar surface area (TPSA) is 59.1 Å². The monoisotopic (exact) mass is 314 g/mol. The first-order chi connectivity index (χ1) is 11.2. The van der Waals surface area contributed by atoms with Crippen LogP contribution in [0, 0.1) is 0 Å². The van der Waals surface area contributed by atoms with Crippen molar-refractivity contribution in [2.45, 2.75) is 32.7 Å². The van der Waals surface area contributed by atoms with Gasteiger partial charge in [0.25, 0.3) is 0 Å². The molecule has 2 N–H and O–H groups in total. The zero-order valence-electron chi connectivity index (χ0n) is 14.2. The molecular weight excluding hydrogens is 288 g/mol. The van der Waals surface area contributed by atoms with Crippen molar-refractivity contribution in [2.24, 2.45) is 0 Å². The SMILES string of the molecule is CCC(C)Nc1cc(-c2ccccc2)nc(NCCCOC)n1. The van der Waals surface area contributed by atoms with Gasteiger partial charge >= 0.3 is 0 Å². The van der Waals surface area contributed by atoms with Crippen LogP contribution in [0.1, 0.15) is 26.7 Å². The fourth-order valence-corrected chi connectivity index (χ4v) is 2.13. The molecule has 1 aromatic heterocycles. The van der Waals surface area contributed by atoms with Crippen LogP contribution in [0.2, 0.25) is 0 Å². The van der Waals surface area contributed by atoms with Crippen molar-refractivity contribution in [1.29, 1.82) is 0 Å². The Kier molecular flexibility index (Phi) is 6.81. The molecule has 0 radical (unpaired) electrons. The molecule has 1 aromatic carbocycles. The molecule has 0 aliphatic rings. The maximum absolute atomic E-state index is 5.07. The van der Waals surface area contributed by atoms with Crippen molar-refractivity contribution in [3.63, 3.8) is 0 Å². The van der Waals surface area contributed by atoms with E-state index in [1.54, 1.807) is 7.11 Å². The summed E-state index contributed by atoms with van der Waals surface area (Å²) in [5, 5.41) is 6.71. The van der Waals surface area contributed by atoms with E-state index in [-0.39, 0.29) is 0 Å². The second-order valence-corrected chi connectivity index (χ2v) is 5.55. The third-order valence-corrected chi connectivity index (χ3v) is 3.61. The largest absolute Gasteiger partial charge is 0.385 e. The summed E-state index contributed by atoms with van der Waals surface area (Å²) in [6.45, 7) is 5.81. The number of aromatic nitrogens is 2. The first kappa shape index (κ1) is 17.2. The number of anilines is 2. The molecule has 124 valence electrons. The Bertz CT molecular complexity index is 589. The van der Waals surface area contributed by atoms with Gasteiger partial charge in [-0.15, -0.1) is 0 Å². The van der Waals surface area contributed by atoms with E-state index in [0.717, 1.165) is 43.1 Å². The Labute approximate surface area is 138 Å². The van der Waals surface area contributed by atoms with Crippen molar-refractivity contribution < 1.29 is 4.74 Å². The molecule has 2 rings (SSSR count). The lowest BCUT2D eigenvalue weighted by Gasteiger charge is -2.15. The number of ether oxygens (including phenoxy) is 1. The number of benzene rings is 1. The van der Waals surface area contributed by atoms with Crippen LogP contribution in [0.25, 0.3) is 11.3 Å². The molecule has 0 saturated carbocycles. The Balaban J connectivity index is 2.21. The van der Waals surface area contributed by atoms with Crippen molar-refractivity contribution in [1.82, 2.24) is 9.97 Å². The molecule has 2 aromatic rings. The maximum Gasteiger partial charge on any atom is 0.225 e. The van der Waals surface area contributed by atoms with Crippen LogP contribution in [0.3, 0.4) is 0 Å². The second kappa shape index (κ2) is 9.10. The van der Waals surface area contributed by atoms with Gasteiger partial charge in [0.15, 0.2) is 0 Å². The number of hydrogen-bond acceptors (Lipinski definition) is 5. The van der Waals surface area contributed by atoms with Crippen molar-refractivity contribution in [3.8, 4) is 11.3 Å². The quantitative estimate of drug-likeness (QED) is 0.689. The van der Waals surface area contributed by atoms with E-state index < -0.39 is 0 Å². The number of rotatable bonds is 9. The second-order valence-electron chi connectivity index (χ2n) is 5.55. The highest BCUT2D eigenvalue weighted by Crippen LogP contribution is 2.21. The van der Waals surface area contributed by atoms with Crippen LogP contribution in [-0.4, -0.2) is 36.3 Å². The molecule has 1 unspecified atom stereocenters. The van der Waals surface area contributed by atoms with Gasteiger partial charge in [0, 0.05) is 37.9 Å². The predicted molar refractivity (Wildman–Crippen MR) is 95.8 cm³/mol. The van der Waals surface area contributed by atoms with Crippen LogP contribution in [-0.2, 0) is 4.74 Å². The standard InChI is InChI=1S/C18H26N4O/c1-4-14(2)20-17-13-16(15-9-6-5-7-10-15)21-18(22-17)19-11-8-12-23-3/h5-7,9-10,13-14H,4,8,11-12H2,1-3H3,(H2,19,20,21,22). The summed E-state index contributed by atoms with van der Waals surface area (Å²) in [6, 6.07) is 12.5. The molecule has 0 amide bonds. The third kappa shape index (κ3) is 5.53. The van der Waals surface area contributed by atoms with Gasteiger partial charge in [0.2, 0.25) is 5.95 Å². The maximum atomic E-state index is 5.07. The van der Waals surface area contributed by atoms with E-state index in [9.17, 15) is 0 Å². The molecule has 0 fully saturated rings. The Morgan fingerprint density at radius 1 is 1.17 bits per heavy atom. The Morgan fingerprint density at radius 3 is 2.65 bits per heavy atom. The number of nitrogens with zero attached hydrogens (tertiary/aromatic N) is 2. The average molecular weight is 314 g/mol. The molecule has 1 heterocycles. The molecule has 0 aliphatic heterocycles. The smallest absolute Gasteiger partial charge is 0.225 e. The highest BCUT2D eigenvalue weighted by molar-refractivity contribution is 5.64. The van der Waals surface area contributed by atoms with Crippen LogP contribution in [0.15, 0.2) is 36.4 Å². The summed E-state index contributed by atoms with van der Waals surface area (Å²) in [7, 11) is 1.71. The molecule has 1 atom stereocenters. The molecular formula is C18H26N4O. The first-order valence-corrected chi connectivity index (χ1v) is 8.16. The minimum atomic E-state index is 0.370. The lowest BCUT2D eigenvalue weighted by atomic mass is 10.1. The number of hydrogen-bond donors (Lipinski definition) is 2. The van der Waals surface area contributed by atoms with Crippen molar-refractivity contribution in [3.05, 3.63) is 36.4 Å². The highest BCUT2D eigenvalue weighted by atomic mass is 16.5. The van der Waals surface area contributed by atoms with Gasteiger partial charge in [0.05, 0.1) is 5.69 Å². The molecule has 0 saturated heterocycles. The van der Waals surface area contributed by atoms with Crippen LogP contribution in [0.4, 0.5) is 11.8 Å². The van der Waals surface area contributed by atoms with Crippen molar-refractivity contribution >= 4 is 11.8 Å². The Hall–Kier alpha value is -2.14.